The van der Waals surface area contributed by atoms with Gasteiger partial charge in [0, 0.05) is 18.4 Å². The topological polar surface area (TPSA) is 74.1 Å². The maximum atomic E-state index is 12.4. The van der Waals surface area contributed by atoms with E-state index in [-0.39, 0.29) is 17.5 Å². The predicted octanol–water partition coefficient (Wildman–Crippen LogP) is 1.54. The quantitative estimate of drug-likeness (QED) is 0.774. The van der Waals surface area contributed by atoms with Crippen molar-refractivity contribution in [2.24, 2.45) is 0 Å². The van der Waals surface area contributed by atoms with Crippen molar-refractivity contribution < 1.29 is 8.42 Å². The zero-order chi connectivity index (χ0) is 13.0. The van der Waals surface area contributed by atoms with Crippen molar-refractivity contribution in [2.75, 3.05) is 6.54 Å². The first-order valence-corrected chi connectivity index (χ1v) is 7.39. The zero-order valence-corrected chi connectivity index (χ0v) is 10.8. The molecule has 0 amide bonds. The SMILES string of the molecule is N#CCN(C1CCCC1)S(=O)(=O)c1cccnc1. The molecule has 1 aliphatic rings. The lowest BCUT2D eigenvalue weighted by atomic mass is 10.2. The van der Waals surface area contributed by atoms with Crippen molar-refractivity contribution in [2.45, 2.75) is 36.6 Å². The van der Waals surface area contributed by atoms with Crippen molar-refractivity contribution in [1.29, 1.82) is 5.26 Å². The third-order valence-corrected chi connectivity index (χ3v) is 5.08. The highest BCUT2D eigenvalue weighted by Gasteiger charge is 2.33. The van der Waals surface area contributed by atoms with Crippen LogP contribution in [0.2, 0.25) is 0 Å². The fourth-order valence-electron chi connectivity index (χ4n) is 2.31. The van der Waals surface area contributed by atoms with Gasteiger partial charge in [-0.15, -0.1) is 0 Å². The molecule has 1 aromatic heterocycles. The lowest BCUT2D eigenvalue weighted by Crippen LogP contribution is -2.39. The van der Waals surface area contributed by atoms with Crippen LogP contribution in [0.4, 0.5) is 0 Å². The third kappa shape index (κ3) is 2.52. The summed E-state index contributed by atoms with van der Waals surface area (Å²) in [7, 11) is -3.60. The van der Waals surface area contributed by atoms with E-state index in [9.17, 15) is 8.42 Å². The van der Waals surface area contributed by atoms with Gasteiger partial charge in [0.25, 0.3) is 0 Å². The smallest absolute Gasteiger partial charge is 0.245 e. The predicted molar refractivity (Wildman–Crippen MR) is 66.0 cm³/mol. The number of nitriles is 1. The number of sulfonamides is 1. The standard InChI is InChI=1S/C12H15N3O2S/c13-7-9-15(11-4-1-2-5-11)18(16,17)12-6-3-8-14-10-12/h3,6,8,10-11H,1-2,4-5,9H2. The van der Waals surface area contributed by atoms with Gasteiger partial charge in [-0.05, 0) is 25.0 Å². The monoisotopic (exact) mass is 265 g/mol. The molecule has 0 N–H and O–H groups in total. The molecule has 0 spiro atoms. The van der Waals surface area contributed by atoms with E-state index in [4.69, 9.17) is 5.26 Å². The summed E-state index contributed by atoms with van der Waals surface area (Å²) in [5.74, 6) is 0. The molecular formula is C12H15N3O2S. The molecule has 6 heteroatoms. The van der Waals surface area contributed by atoms with Gasteiger partial charge in [-0.2, -0.15) is 9.57 Å². The number of rotatable bonds is 4. The molecular weight excluding hydrogens is 250 g/mol. The van der Waals surface area contributed by atoms with Gasteiger partial charge in [-0.25, -0.2) is 8.42 Å². The van der Waals surface area contributed by atoms with Crippen molar-refractivity contribution in [3.63, 3.8) is 0 Å². The molecule has 2 rings (SSSR count). The number of nitrogens with zero attached hydrogens (tertiary/aromatic N) is 3. The zero-order valence-electron chi connectivity index (χ0n) is 9.99. The molecule has 0 atom stereocenters. The number of pyridine rings is 1. The van der Waals surface area contributed by atoms with Crippen LogP contribution < -0.4 is 0 Å². The molecule has 1 aromatic rings. The maximum absolute atomic E-state index is 12.4. The van der Waals surface area contributed by atoms with E-state index in [0.717, 1.165) is 25.7 Å². The lowest BCUT2D eigenvalue weighted by Gasteiger charge is -2.25. The van der Waals surface area contributed by atoms with Crippen LogP contribution in [-0.4, -0.2) is 30.3 Å². The minimum absolute atomic E-state index is 0.0464. The second-order valence-electron chi connectivity index (χ2n) is 4.34. The molecule has 1 fully saturated rings. The highest BCUT2D eigenvalue weighted by Crippen LogP contribution is 2.27. The summed E-state index contributed by atoms with van der Waals surface area (Å²) in [6.45, 7) is -0.0953. The van der Waals surface area contributed by atoms with Gasteiger partial charge in [0.15, 0.2) is 0 Å². The Morgan fingerprint density at radius 1 is 1.44 bits per heavy atom. The first-order chi connectivity index (χ1) is 8.66. The molecule has 0 radical (unpaired) electrons. The lowest BCUT2D eigenvalue weighted by molar-refractivity contribution is 0.350. The molecule has 0 bridgehead atoms. The second-order valence-corrected chi connectivity index (χ2v) is 6.23. The van der Waals surface area contributed by atoms with Crippen LogP contribution >= 0.6 is 0 Å². The largest absolute Gasteiger partial charge is 0.263 e. The molecule has 0 aliphatic heterocycles. The summed E-state index contributed by atoms with van der Waals surface area (Å²) in [4.78, 5) is 3.99. The molecule has 0 unspecified atom stereocenters. The summed E-state index contributed by atoms with van der Waals surface area (Å²) < 4.78 is 26.2. The van der Waals surface area contributed by atoms with E-state index in [1.165, 1.54) is 22.8 Å². The molecule has 18 heavy (non-hydrogen) atoms. The summed E-state index contributed by atoms with van der Waals surface area (Å²) in [5.41, 5.74) is 0. The highest BCUT2D eigenvalue weighted by atomic mass is 32.2. The number of hydrogen-bond donors (Lipinski definition) is 0. The molecule has 5 nitrogen and oxygen atoms in total. The number of hydrogen-bond acceptors (Lipinski definition) is 4. The fourth-order valence-corrected chi connectivity index (χ4v) is 3.85. The van der Waals surface area contributed by atoms with Gasteiger partial charge in [0.1, 0.15) is 11.4 Å². The summed E-state index contributed by atoms with van der Waals surface area (Å²) in [6.07, 6.45) is 6.57. The van der Waals surface area contributed by atoms with Crippen molar-refractivity contribution in [3.05, 3.63) is 24.5 Å². The van der Waals surface area contributed by atoms with Crippen LogP contribution in [0.3, 0.4) is 0 Å². The van der Waals surface area contributed by atoms with E-state index in [2.05, 4.69) is 4.98 Å². The van der Waals surface area contributed by atoms with Gasteiger partial charge in [0.05, 0.1) is 6.07 Å². The van der Waals surface area contributed by atoms with E-state index < -0.39 is 10.0 Å². The van der Waals surface area contributed by atoms with Crippen molar-refractivity contribution in [1.82, 2.24) is 9.29 Å². The van der Waals surface area contributed by atoms with Crippen LogP contribution in [0.5, 0.6) is 0 Å². The van der Waals surface area contributed by atoms with Crippen molar-refractivity contribution in [3.8, 4) is 6.07 Å². The maximum Gasteiger partial charge on any atom is 0.245 e. The van der Waals surface area contributed by atoms with Crippen LogP contribution in [-0.2, 0) is 10.0 Å². The minimum Gasteiger partial charge on any atom is -0.263 e. The Labute approximate surface area is 107 Å². The van der Waals surface area contributed by atoms with E-state index in [1.54, 1.807) is 6.07 Å². The van der Waals surface area contributed by atoms with Crippen LogP contribution in [0.15, 0.2) is 29.4 Å². The molecule has 0 aromatic carbocycles. The Morgan fingerprint density at radius 2 is 2.17 bits per heavy atom. The van der Waals surface area contributed by atoms with Crippen LogP contribution in [0.25, 0.3) is 0 Å². The average molecular weight is 265 g/mol. The molecule has 1 aliphatic carbocycles. The van der Waals surface area contributed by atoms with Gasteiger partial charge >= 0.3 is 0 Å². The Morgan fingerprint density at radius 3 is 2.72 bits per heavy atom. The normalized spacial score (nSPS) is 16.9. The number of aromatic nitrogens is 1. The second kappa shape index (κ2) is 5.46. The third-order valence-electron chi connectivity index (χ3n) is 3.20. The fraction of sp³-hybridized carbons (Fsp3) is 0.500. The Balaban J connectivity index is 2.33. The molecule has 1 saturated carbocycles. The van der Waals surface area contributed by atoms with Crippen molar-refractivity contribution >= 4 is 10.0 Å². The van der Waals surface area contributed by atoms with Gasteiger partial charge in [0.2, 0.25) is 10.0 Å². The minimum atomic E-state index is -3.60. The van der Waals surface area contributed by atoms with Crippen LogP contribution in [0.1, 0.15) is 25.7 Å². The highest BCUT2D eigenvalue weighted by molar-refractivity contribution is 7.89. The van der Waals surface area contributed by atoms with E-state index >= 15 is 0 Å². The Bertz CT molecular complexity index is 530. The summed E-state index contributed by atoms with van der Waals surface area (Å²) >= 11 is 0. The van der Waals surface area contributed by atoms with Gasteiger partial charge in [-0.3, -0.25) is 4.98 Å². The Hall–Kier alpha value is -1.45. The molecule has 96 valence electrons. The molecule has 1 heterocycles. The first-order valence-electron chi connectivity index (χ1n) is 5.95. The Kier molecular flexibility index (Phi) is 3.94. The summed E-state index contributed by atoms with van der Waals surface area (Å²) in [6, 6.07) is 5.01. The first kappa shape index (κ1) is 13.0. The van der Waals surface area contributed by atoms with Gasteiger partial charge in [-0.1, -0.05) is 12.8 Å². The summed E-state index contributed by atoms with van der Waals surface area (Å²) in [5, 5.41) is 8.84. The van der Waals surface area contributed by atoms with Crippen LogP contribution in [0, 0.1) is 11.3 Å². The van der Waals surface area contributed by atoms with E-state index in [0.29, 0.717) is 0 Å². The molecule has 0 saturated heterocycles. The van der Waals surface area contributed by atoms with Gasteiger partial charge < -0.3 is 0 Å². The average Bonchev–Trinajstić information content (AvgIpc) is 2.90. The van der Waals surface area contributed by atoms with E-state index in [1.807, 2.05) is 6.07 Å².